The van der Waals surface area contributed by atoms with E-state index in [2.05, 4.69) is 29.6 Å². The fraction of sp³-hybridized carbons (Fsp3) is 0.333. The van der Waals surface area contributed by atoms with Crippen molar-refractivity contribution in [2.75, 3.05) is 0 Å². The van der Waals surface area contributed by atoms with Crippen molar-refractivity contribution in [3.05, 3.63) is 63.4 Å². The van der Waals surface area contributed by atoms with Gasteiger partial charge in [-0.1, -0.05) is 24.3 Å². The Morgan fingerprint density at radius 1 is 1.30 bits per heavy atom. The monoisotopic (exact) mass is 272 g/mol. The molecule has 3 rings (SSSR count). The molecule has 0 amide bonds. The fourth-order valence-electron chi connectivity index (χ4n) is 2.75. The second kappa shape index (κ2) is 5.46. The molecule has 1 unspecified atom stereocenters. The number of hydrogen-bond donors (Lipinski definition) is 1. The van der Waals surface area contributed by atoms with Crippen LogP contribution in [0.5, 0.6) is 0 Å². The van der Waals surface area contributed by atoms with Gasteiger partial charge in [-0.15, -0.1) is 0 Å². The lowest BCUT2D eigenvalue weighted by molar-refractivity contribution is -0.402. The van der Waals surface area contributed by atoms with Crippen LogP contribution in [0.1, 0.15) is 35.8 Å². The van der Waals surface area contributed by atoms with Gasteiger partial charge in [-0.2, -0.15) is 0 Å². The lowest BCUT2D eigenvalue weighted by atomic mass is 9.88. The van der Waals surface area contributed by atoms with E-state index in [1.54, 1.807) is 6.07 Å². The van der Waals surface area contributed by atoms with Crippen molar-refractivity contribution in [1.29, 1.82) is 0 Å². The van der Waals surface area contributed by atoms with E-state index in [0.29, 0.717) is 18.3 Å². The summed E-state index contributed by atoms with van der Waals surface area (Å²) >= 11 is 0. The third kappa shape index (κ3) is 2.58. The molecule has 1 heterocycles. The fourth-order valence-corrected chi connectivity index (χ4v) is 2.75. The van der Waals surface area contributed by atoms with E-state index in [9.17, 15) is 10.1 Å². The van der Waals surface area contributed by atoms with Gasteiger partial charge in [0.25, 0.3) is 0 Å². The maximum Gasteiger partial charge on any atom is 0.433 e. The number of nitro groups is 1. The van der Waals surface area contributed by atoms with Crippen molar-refractivity contribution in [2.45, 2.75) is 31.8 Å². The van der Waals surface area contributed by atoms with E-state index >= 15 is 0 Å². The Kier molecular flexibility index (Phi) is 3.52. The molecule has 1 aromatic heterocycles. The number of benzene rings is 1. The minimum Gasteiger partial charge on any atom is -0.404 e. The summed E-state index contributed by atoms with van der Waals surface area (Å²) in [4.78, 5) is 10.1. The Balaban J connectivity index is 1.68. The number of rotatable bonds is 4. The van der Waals surface area contributed by atoms with Gasteiger partial charge in [0.05, 0.1) is 12.6 Å². The van der Waals surface area contributed by atoms with Crippen LogP contribution < -0.4 is 5.32 Å². The Morgan fingerprint density at radius 2 is 2.15 bits per heavy atom. The van der Waals surface area contributed by atoms with Gasteiger partial charge in [0.1, 0.15) is 10.7 Å². The topological polar surface area (TPSA) is 68.3 Å². The summed E-state index contributed by atoms with van der Waals surface area (Å²) in [5.41, 5.74) is 2.72. The van der Waals surface area contributed by atoms with Gasteiger partial charge in [-0.25, -0.2) is 0 Å². The van der Waals surface area contributed by atoms with E-state index in [0.717, 1.165) is 19.3 Å². The van der Waals surface area contributed by atoms with Gasteiger partial charge in [0.2, 0.25) is 0 Å². The first-order valence-corrected chi connectivity index (χ1v) is 6.78. The molecule has 0 aliphatic heterocycles. The predicted molar refractivity (Wildman–Crippen MR) is 74.3 cm³/mol. The normalized spacial score (nSPS) is 17.7. The highest BCUT2D eigenvalue weighted by Crippen LogP contribution is 2.29. The molecule has 2 aromatic rings. The summed E-state index contributed by atoms with van der Waals surface area (Å²) in [7, 11) is 0. The van der Waals surface area contributed by atoms with Crippen LogP contribution in [0, 0.1) is 10.1 Å². The molecule has 0 saturated carbocycles. The largest absolute Gasteiger partial charge is 0.433 e. The SMILES string of the molecule is O=[N+]([O-])c1ccc(CNC2CCCc3ccccc32)o1. The third-order valence-corrected chi connectivity index (χ3v) is 3.72. The molecule has 20 heavy (non-hydrogen) atoms. The molecular formula is C15H16N2O3. The van der Waals surface area contributed by atoms with Gasteiger partial charge < -0.3 is 9.73 Å². The number of nitrogens with one attached hydrogen (secondary N) is 1. The molecule has 0 spiro atoms. The van der Waals surface area contributed by atoms with Gasteiger partial charge in [0, 0.05) is 6.04 Å². The summed E-state index contributed by atoms with van der Waals surface area (Å²) in [6.45, 7) is 0.507. The second-order valence-corrected chi connectivity index (χ2v) is 5.02. The molecule has 1 aliphatic rings. The van der Waals surface area contributed by atoms with E-state index in [1.807, 2.05) is 0 Å². The Bertz CT molecular complexity index is 621. The second-order valence-electron chi connectivity index (χ2n) is 5.02. The highest BCUT2D eigenvalue weighted by molar-refractivity contribution is 5.32. The van der Waals surface area contributed by atoms with Crippen LogP contribution in [-0.4, -0.2) is 4.92 Å². The van der Waals surface area contributed by atoms with E-state index in [-0.39, 0.29) is 5.88 Å². The molecule has 0 bridgehead atoms. The molecule has 5 heteroatoms. The van der Waals surface area contributed by atoms with Crippen molar-refractivity contribution in [3.8, 4) is 0 Å². The number of hydrogen-bond acceptors (Lipinski definition) is 4. The zero-order valence-corrected chi connectivity index (χ0v) is 11.0. The highest BCUT2D eigenvalue weighted by Gasteiger charge is 2.20. The Morgan fingerprint density at radius 3 is 2.95 bits per heavy atom. The van der Waals surface area contributed by atoms with E-state index in [4.69, 9.17) is 4.42 Å². The standard InChI is InChI=1S/C15H16N2O3/c18-17(19)15-9-8-12(20-15)10-16-14-7-3-5-11-4-1-2-6-13(11)14/h1-2,4,6,8-9,14,16H,3,5,7,10H2. The summed E-state index contributed by atoms with van der Waals surface area (Å²) in [5, 5.41) is 14.0. The first-order chi connectivity index (χ1) is 9.74. The molecule has 0 radical (unpaired) electrons. The summed E-state index contributed by atoms with van der Waals surface area (Å²) < 4.78 is 5.16. The summed E-state index contributed by atoms with van der Waals surface area (Å²) in [5.74, 6) is 0.394. The van der Waals surface area contributed by atoms with Gasteiger partial charge >= 0.3 is 5.88 Å². The van der Waals surface area contributed by atoms with Crippen LogP contribution in [0.4, 0.5) is 5.88 Å². The maximum atomic E-state index is 10.6. The molecular weight excluding hydrogens is 256 g/mol. The minimum atomic E-state index is -0.514. The van der Waals surface area contributed by atoms with Crippen LogP contribution in [0.25, 0.3) is 0 Å². The van der Waals surface area contributed by atoms with Gasteiger partial charge in [0.15, 0.2) is 0 Å². The number of aryl methyl sites for hydroxylation is 1. The van der Waals surface area contributed by atoms with Crippen molar-refractivity contribution < 1.29 is 9.34 Å². The van der Waals surface area contributed by atoms with Crippen LogP contribution in [0.15, 0.2) is 40.8 Å². The maximum absolute atomic E-state index is 10.6. The minimum absolute atomic E-state index is 0.203. The summed E-state index contributed by atoms with van der Waals surface area (Å²) in [6, 6.07) is 11.8. The zero-order valence-electron chi connectivity index (χ0n) is 11.0. The van der Waals surface area contributed by atoms with Gasteiger partial charge in [-0.3, -0.25) is 10.1 Å². The molecule has 1 aromatic carbocycles. The third-order valence-electron chi connectivity index (χ3n) is 3.72. The van der Waals surface area contributed by atoms with Crippen LogP contribution in [-0.2, 0) is 13.0 Å². The van der Waals surface area contributed by atoms with Crippen molar-refractivity contribution in [1.82, 2.24) is 5.32 Å². The summed E-state index contributed by atoms with van der Waals surface area (Å²) in [6.07, 6.45) is 3.37. The molecule has 1 N–H and O–H groups in total. The smallest absolute Gasteiger partial charge is 0.404 e. The van der Waals surface area contributed by atoms with E-state index < -0.39 is 4.92 Å². The van der Waals surface area contributed by atoms with Gasteiger partial charge in [-0.05, 0) is 36.5 Å². The zero-order chi connectivity index (χ0) is 13.9. The van der Waals surface area contributed by atoms with Crippen LogP contribution >= 0.6 is 0 Å². The number of nitrogens with zero attached hydrogens (tertiary/aromatic N) is 1. The average Bonchev–Trinajstić information content (AvgIpc) is 2.94. The van der Waals surface area contributed by atoms with Crippen LogP contribution in [0.3, 0.4) is 0 Å². The lowest BCUT2D eigenvalue weighted by Crippen LogP contribution is -2.24. The first-order valence-electron chi connectivity index (χ1n) is 6.78. The van der Waals surface area contributed by atoms with Crippen molar-refractivity contribution >= 4 is 5.88 Å². The molecule has 1 atom stereocenters. The molecule has 5 nitrogen and oxygen atoms in total. The first kappa shape index (κ1) is 12.9. The number of fused-ring (bicyclic) bond motifs is 1. The average molecular weight is 272 g/mol. The Hall–Kier alpha value is -2.14. The lowest BCUT2D eigenvalue weighted by Gasteiger charge is -2.26. The van der Waals surface area contributed by atoms with Crippen LogP contribution in [0.2, 0.25) is 0 Å². The number of furan rings is 1. The highest BCUT2D eigenvalue weighted by atomic mass is 16.6. The Labute approximate surface area is 116 Å². The predicted octanol–water partition coefficient (Wildman–Crippen LogP) is 3.36. The van der Waals surface area contributed by atoms with E-state index in [1.165, 1.54) is 17.2 Å². The molecule has 104 valence electrons. The molecule has 0 fully saturated rings. The quantitative estimate of drug-likeness (QED) is 0.684. The van der Waals surface area contributed by atoms with Crippen molar-refractivity contribution in [2.24, 2.45) is 0 Å². The molecule has 1 aliphatic carbocycles. The van der Waals surface area contributed by atoms with Crippen molar-refractivity contribution in [3.63, 3.8) is 0 Å². The molecule has 0 saturated heterocycles.